The minimum atomic E-state index is -4.62. The number of hydrogen-bond donors (Lipinski definition) is 1. The van der Waals surface area contributed by atoms with E-state index in [9.17, 15) is 18.0 Å². The van der Waals surface area contributed by atoms with Crippen molar-refractivity contribution >= 4 is 17.4 Å². The van der Waals surface area contributed by atoms with Crippen molar-refractivity contribution in [1.82, 2.24) is 14.8 Å². The molecule has 0 aliphatic heterocycles. The molecule has 0 saturated heterocycles. The van der Waals surface area contributed by atoms with Gasteiger partial charge in [0, 0.05) is 44.0 Å². The number of amides is 1. The Labute approximate surface area is 201 Å². The van der Waals surface area contributed by atoms with Crippen LogP contribution in [0.5, 0.6) is 0 Å². The fourth-order valence-corrected chi connectivity index (χ4v) is 4.58. The van der Waals surface area contributed by atoms with Crippen LogP contribution in [0.3, 0.4) is 0 Å². The highest BCUT2D eigenvalue weighted by molar-refractivity contribution is 5.93. The van der Waals surface area contributed by atoms with Gasteiger partial charge in [-0.05, 0) is 55.5 Å². The number of alkyl halides is 3. The Bertz CT molecular complexity index is 1240. The molecule has 0 unspecified atom stereocenters. The minimum absolute atomic E-state index is 0.0792. The predicted octanol–water partition coefficient (Wildman–Crippen LogP) is 5.15. The highest BCUT2D eigenvalue weighted by Crippen LogP contribution is 2.41. The number of benzene rings is 1. The molecule has 182 valence electrons. The molecule has 1 fully saturated rings. The van der Waals surface area contributed by atoms with Crippen molar-refractivity contribution < 1.29 is 18.0 Å². The quantitative estimate of drug-likeness (QED) is 0.544. The Hall–Kier alpha value is -3.87. The van der Waals surface area contributed by atoms with Crippen LogP contribution in [0.15, 0.2) is 48.9 Å². The van der Waals surface area contributed by atoms with Gasteiger partial charge in [-0.3, -0.25) is 9.48 Å². The van der Waals surface area contributed by atoms with Gasteiger partial charge in [0.1, 0.15) is 11.9 Å². The maximum absolute atomic E-state index is 14.1. The van der Waals surface area contributed by atoms with Crippen LogP contribution in [0, 0.1) is 11.3 Å². The molecule has 0 atom stereocenters. The summed E-state index contributed by atoms with van der Waals surface area (Å²) in [4.78, 5) is 18.1. The van der Waals surface area contributed by atoms with Crippen LogP contribution in [-0.2, 0) is 18.0 Å². The summed E-state index contributed by atoms with van der Waals surface area (Å²) in [6.07, 6.45) is 2.46. The highest BCUT2D eigenvalue weighted by atomic mass is 19.4. The third-order valence-electron chi connectivity index (χ3n) is 6.25. The van der Waals surface area contributed by atoms with Crippen LogP contribution in [0.2, 0.25) is 0 Å². The maximum Gasteiger partial charge on any atom is 0.418 e. The van der Waals surface area contributed by atoms with Crippen molar-refractivity contribution in [1.29, 1.82) is 5.26 Å². The molecule has 0 radical (unpaired) electrons. The van der Waals surface area contributed by atoms with Gasteiger partial charge < -0.3 is 10.2 Å². The van der Waals surface area contributed by atoms with Crippen molar-refractivity contribution in [3.63, 3.8) is 0 Å². The van der Waals surface area contributed by atoms with E-state index in [1.807, 2.05) is 6.07 Å². The number of anilines is 2. The van der Waals surface area contributed by atoms with E-state index in [-0.39, 0.29) is 17.8 Å². The molecular formula is C25H25F3N6O. The second kappa shape index (κ2) is 9.78. The number of aromatic nitrogens is 3. The number of hydrogen-bond acceptors (Lipinski definition) is 5. The van der Waals surface area contributed by atoms with Crippen molar-refractivity contribution in [2.24, 2.45) is 7.05 Å². The summed E-state index contributed by atoms with van der Waals surface area (Å²) < 4.78 is 43.8. The van der Waals surface area contributed by atoms with Crippen LogP contribution in [0.1, 0.15) is 43.7 Å². The van der Waals surface area contributed by atoms with E-state index in [1.165, 1.54) is 35.0 Å². The zero-order valence-corrected chi connectivity index (χ0v) is 19.4. The lowest BCUT2D eigenvalue weighted by Gasteiger charge is -2.38. The first-order valence-electron chi connectivity index (χ1n) is 11.3. The van der Waals surface area contributed by atoms with E-state index < -0.39 is 17.6 Å². The van der Waals surface area contributed by atoms with Crippen molar-refractivity contribution in [3.05, 3.63) is 60.0 Å². The number of nitrogens with zero attached hydrogens (tertiary/aromatic N) is 5. The van der Waals surface area contributed by atoms with Crippen molar-refractivity contribution in [2.75, 3.05) is 10.2 Å². The average Bonchev–Trinajstić information content (AvgIpc) is 3.26. The predicted molar refractivity (Wildman–Crippen MR) is 125 cm³/mol. The fourth-order valence-electron chi connectivity index (χ4n) is 4.58. The molecule has 1 aliphatic rings. The Morgan fingerprint density at radius 1 is 1.14 bits per heavy atom. The number of nitriles is 1. The van der Waals surface area contributed by atoms with Crippen LogP contribution < -0.4 is 10.2 Å². The smallest absolute Gasteiger partial charge is 0.367 e. The summed E-state index contributed by atoms with van der Waals surface area (Å²) in [5, 5.41) is 16.2. The lowest BCUT2D eigenvalue weighted by atomic mass is 9.89. The monoisotopic (exact) mass is 482 g/mol. The van der Waals surface area contributed by atoms with Crippen LogP contribution in [0.4, 0.5) is 24.7 Å². The van der Waals surface area contributed by atoms with Gasteiger partial charge in [0.2, 0.25) is 5.91 Å². The highest BCUT2D eigenvalue weighted by Gasteiger charge is 2.38. The number of halogens is 3. The molecule has 1 aliphatic carbocycles. The summed E-state index contributed by atoms with van der Waals surface area (Å²) >= 11 is 0. The number of pyridine rings is 1. The van der Waals surface area contributed by atoms with Gasteiger partial charge in [0.15, 0.2) is 0 Å². The molecule has 1 N–H and O–H groups in total. The molecule has 7 nitrogen and oxygen atoms in total. The van der Waals surface area contributed by atoms with E-state index in [1.54, 1.807) is 31.4 Å². The van der Waals surface area contributed by atoms with Gasteiger partial charge in [-0.2, -0.15) is 23.5 Å². The lowest BCUT2D eigenvalue weighted by Crippen LogP contribution is -2.44. The van der Waals surface area contributed by atoms with Gasteiger partial charge in [0.05, 0.1) is 23.0 Å². The summed E-state index contributed by atoms with van der Waals surface area (Å²) in [5.74, 6) is 0.219. The number of aryl methyl sites for hydroxylation is 1. The number of carbonyl (C=O) groups is 1. The minimum Gasteiger partial charge on any atom is -0.367 e. The molecule has 2 aromatic heterocycles. The van der Waals surface area contributed by atoms with Crippen LogP contribution in [0.25, 0.3) is 11.1 Å². The summed E-state index contributed by atoms with van der Waals surface area (Å²) in [7, 11) is 1.70. The zero-order valence-electron chi connectivity index (χ0n) is 19.4. The standard InChI is InChI=1S/C25H25F3N6O/c1-16(35)34(21-7-5-20(6-8-21)32-24-10-3-17(12-29)13-30-24)23-9-4-18(11-22(23)25(26,27)28)19-14-31-33(2)15-19/h3-4,9-11,13-15,20-21H,5-8H2,1-2H3,(H,30,32)/t20-,21-. The second-order valence-electron chi connectivity index (χ2n) is 8.72. The van der Waals surface area contributed by atoms with Crippen LogP contribution in [-0.4, -0.2) is 32.8 Å². The lowest BCUT2D eigenvalue weighted by molar-refractivity contribution is -0.137. The Morgan fingerprint density at radius 3 is 2.43 bits per heavy atom. The molecule has 2 heterocycles. The number of nitrogens with one attached hydrogen (secondary N) is 1. The maximum atomic E-state index is 14.1. The molecular weight excluding hydrogens is 457 g/mol. The largest absolute Gasteiger partial charge is 0.418 e. The summed E-state index contributed by atoms with van der Waals surface area (Å²) in [6, 6.07) is 9.23. The van der Waals surface area contributed by atoms with E-state index in [0.29, 0.717) is 48.2 Å². The van der Waals surface area contributed by atoms with Gasteiger partial charge in [0.25, 0.3) is 0 Å². The third-order valence-corrected chi connectivity index (χ3v) is 6.25. The summed E-state index contributed by atoms with van der Waals surface area (Å²) in [6.45, 7) is 1.31. The van der Waals surface area contributed by atoms with Gasteiger partial charge in [-0.15, -0.1) is 0 Å². The molecule has 35 heavy (non-hydrogen) atoms. The molecule has 3 aromatic rings. The molecule has 1 saturated carbocycles. The molecule has 1 aromatic carbocycles. The van der Waals surface area contributed by atoms with Gasteiger partial charge in [-0.1, -0.05) is 6.07 Å². The molecule has 10 heteroatoms. The Morgan fingerprint density at radius 2 is 1.89 bits per heavy atom. The first kappa shape index (κ1) is 24.3. The SMILES string of the molecule is CC(=O)N(c1ccc(-c2cnn(C)c2)cc1C(F)(F)F)[C@H]1CC[C@H](Nc2ccc(C#N)cn2)CC1. The first-order chi connectivity index (χ1) is 16.7. The Kier molecular flexibility index (Phi) is 6.78. The topological polar surface area (TPSA) is 86.8 Å². The van der Waals surface area contributed by atoms with Crippen molar-refractivity contribution in [2.45, 2.75) is 50.9 Å². The zero-order chi connectivity index (χ0) is 25.2. The summed E-state index contributed by atoms with van der Waals surface area (Å²) in [5.41, 5.74) is 0.465. The average molecular weight is 483 g/mol. The van der Waals surface area contributed by atoms with E-state index in [2.05, 4.69) is 15.4 Å². The second-order valence-corrected chi connectivity index (χ2v) is 8.72. The van der Waals surface area contributed by atoms with Gasteiger partial charge in [-0.25, -0.2) is 4.98 Å². The molecule has 4 rings (SSSR count). The molecule has 0 spiro atoms. The molecule has 1 amide bonds. The number of carbonyl (C=O) groups excluding carboxylic acids is 1. The third kappa shape index (κ3) is 5.45. The fraction of sp³-hybridized carbons (Fsp3) is 0.360. The normalized spacial score (nSPS) is 18.1. The van der Waals surface area contributed by atoms with Gasteiger partial charge >= 0.3 is 6.18 Å². The van der Waals surface area contributed by atoms with E-state index in [0.717, 1.165) is 6.07 Å². The van der Waals surface area contributed by atoms with Crippen LogP contribution >= 0.6 is 0 Å². The van der Waals surface area contributed by atoms with E-state index >= 15 is 0 Å². The Balaban J connectivity index is 1.54. The van der Waals surface area contributed by atoms with E-state index in [4.69, 9.17) is 5.26 Å². The van der Waals surface area contributed by atoms with Crippen molar-refractivity contribution in [3.8, 4) is 17.2 Å². The number of rotatable bonds is 5. The first-order valence-corrected chi connectivity index (χ1v) is 11.3. The molecule has 0 bridgehead atoms.